The molecule has 1 atom stereocenters. The van der Waals surface area contributed by atoms with Gasteiger partial charge < -0.3 is 15.4 Å². The molecule has 1 aliphatic heterocycles. The monoisotopic (exact) mass is 222 g/mol. The van der Waals surface area contributed by atoms with Crippen molar-refractivity contribution in [3.8, 4) is 0 Å². The van der Waals surface area contributed by atoms with E-state index >= 15 is 0 Å². The van der Waals surface area contributed by atoms with Crippen molar-refractivity contribution in [1.29, 1.82) is 0 Å². The summed E-state index contributed by atoms with van der Waals surface area (Å²) in [4.78, 5) is 4.74. The van der Waals surface area contributed by atoms with Crippen molar-refractivity contribution in [3.63, 3.8) is 0 Å². The maximum atomic E-state index is 8.57. The Morgan fingerprint density at radius 2 is 2.44 bits per heavy atom. The van der Waals surface area contributed by atoms with Crippen molar-refractivity contribution < 1.29 is 30.4 Å². The summed E-state index contributed by atoms with van der Waals surface area (Å²) in [6.07, 6.45) is 0.969. The van der Waals surface area contributed by atoms with E-state index in [1.54, 1.807) is 0 Å². The van der Waals surface area contributed by atoms with Gasteiger partial charge in [0.15, 0.2) is 0 Å². The predicted octanol–water partition coefficient (Wildman–Crippen LogP) is 0.301. The smallest absolute Gasteiger partial charge is 0.0480 e. The SMILES string of the molecule is OCC1CC[N-]OC1.[Pd]. The molecular formula is C5H10NO2Pd-. The zero-order valence-electron chi connectivity index (χ0n) is 5.02. The molecule has 0 saturated carbocycles. The maximum Gasteiger partial charge on any atom is 0.0480 e. The third-order valence-corrected chi connectivity index (χ3v) is 1.29. The third-order valence-electron chi connectivity index (χ3n) is 1.29. The number of hydrogen-bond donors (Lipinski definition) is 1. The second-order valence-corrected chi connectivity index (χ2v) is 1.99. The van der Waals surface area contributed by atoms with Crippen molar-refractivity contribution >= 4 is 0 Å². The molecular weight excluding hydrogens is 212 g/mol. The van der Waals surface area contributed by atoms with Crippen molar-refractivity contribution in [1.82, 2.24) is 0 Å². The van der Waals surface area contributed by atoms with Crippen molar-refractivity contribution in [2.75, 3.05) is 19.8 Å². The molecule has 1 saturated heterocycles. The first kappa shape index (κ1) is 9.54. The molecule has 0 spiro atoms. The van der Waals surface area contributed by atoms with Crippen LogP contribution in [0.25, 0.3) is 5.48 Å². The van der Waals surface area contributed by atoms with E-state index < -0.39 is 0 Å². The fraction of sp³-hybridized carbons (Fsp3) is 1.00. The molecule has 58 valence electrons. The Hall–Kier alpha value is 0.542. The van der Waals surface area contributed by atoms with Gasteiger partial charge in [-0.2, -0.15) is 0 Å². The first-order valence-corrected chi connectivity index (χ1v) is 2.83. The molecule has 0 aromatic rings. The summed E-state index contributed by atoms with van der Waals surface area (Å²) in [5.74, 6) is 0.326. The molecule has 0 amide bonds. The van der Waals surface area contributed by atoms with Gasteiger partial charge in [-0.05, 0) is 0 Å². The number of hydroxylamine groups is 1. The second-order valence-electron chi connectivity index (χ2n) is 1.99. The van der Waals surface area contributed by atoms with Crippen LogP contribution in [-0.4, -0.2) is 24.9 Å². The molecule has 1 heterocycles. The van der Waals surface area contributed by atoms with Crippen LogP contribution in [0.5, 0.6) is 0 Å². The zero-order valence-corrected chi connectivity index (χ0v) is 6.58. The van der Waals surface area contributed by atoms with Crippen LogP contribution >= 0.6 is 0 Å². The molecule has 0 aliphatic carbocycles. The van der Waals surface area contributed by atoms with Crippen LogP contribution in [-0.2, 0) is 25.3 Å². The molecule has 0 aromatic carbocycles. The Morgan fingerprint density at radius 1 is 1.67 bits per heavy atom. The van der Waals surface area contributed by atoms with E-state index in [2.05, 4.69) is 5.48 Å². The van der Waals surface area contributed by atoms with Crippen LogP contribution in [0.3, 0.4) is 0 Å². The molecule has 1 N–H and O–H groups in total. The molecule has 3 nitrogen and oxygen atoms in total. The van der Waals surface area contributed by atoms with E-state index in [0.717, 1.165) is 13.0 Å². The molecule has 9 heavy (non-hydrogen) atoms. The van der Waals surface area contributed by atoms with Crippen LogP contribution in [0.15, 0.2) is 0 Å². The number of aliphatic hydroxyl groups excluding tert-OH is 1. The Labute approximate surface area is 68.4 Å². The van der Waals surface area contributed by atoms with E-state index in [4.69, 9.17) is 9.94 Å². The minimum Gasteiger partial charge on any atom is -0.534 e. The summed E-state index contributed by atoms with van der Waals surface area (Å²) in [5.41, 5.74) is 3.66. The van der Waals surface area contributed by atoms with Gasteiger partial charge in [-0.25, -0.2) is 0 Å². The number of nitrogens with zero attached hydrogens (tertiary/aromatic N) is 1. The first-order valence-electron chi connectivity index (χ1n) is 2.83. The summed E-state index contributed by atoms with van der Waals surface area (Å²) in [6.45, 7) is 1.57. The minimum atomic E-state index is 0. The van der Waals surface area contributed by atoms with Crippen LogP contribution in [0.1, 0.15) is 6.42 Å². The minimum absolute atomic E-state index is 0. The second kappa shape index (κ2) is 5.34. The Balaban J connectivity index is 0.000000640. The summed E-state index contributed by atoms with van der Waals surface area (Å²) in [6, 6.07) is 0. The van der Waals surface area contributed by atoms with Gasteiger partial charge in [-0.15, -0.1) is 6.54 Å². The third kappa shape index (κ3) is 3.29. The van der Waals surface area contributed by atoms with Crippen LogP contribution in [0.4, 0.5) is 0 Å². The number of aliphatic hydroxyl groups is 1. The molecule has 4 heteroatoms. The van der Waals surface area contributed by atoms with Crippen molar-refractivity contribution in [2.45, 2.75) is 6.42 Å². The normalized spacial score (nSPS) is 27.0. The largest absolute Gasteiger partial charge is 0.534 e. The molecule has 1 fully saturated rings. The van der Waals surface area contributed by atoms with E-state index in [1.165, 1.54) is 0 Å². The van der Waals surface area contributed by atoms with Crippen molar-refractivity contribution in [2.24, 2.45) is 5.92 Å². The Kier molecular flexibility index (Phi) is 5.66. The standard InChI is InChI=1S/C5H10NO2.Pd/c7-3-5-1-2-6-8-4-5;/h5,7H,1-4H2;/q-1;. The topological polar surface area (TPSA) is 43.6 Å². The van der Waals surface area contributed by atoms with Crippen LogP contribution in [0.2, 0.25) is 0 Å². The maximum absolute atomic E-state index is 8.57. The van der Waals surface area contributed by atoms with Crippen LogP contribution < -0.4 is 0 Å². The van der Waals surface area contributed by atoms with Gasteiger partial charge in [0.1, 0.15) is 0 Å². The van der Waals surface area contributed by atoms with Crippen molar-refractivity contribution in [3.05, 3.63) is 5.48 Å². The predicted molar refractivity (Wildman–Crippen MR) is 29.4 cm³/mol. The van der Waals surface area contributed by atoms with Crippen LogP contribution in [0, 0.1) is 5.92 Å². The average Bonchev–Trinajstić information content (AvgIpc) is 1.90. The molecule has 1 aliphatic rings. The Bertz CT molecular complexity index is 66.0. The van der Waals surface area contributed by atoms with Gasteiger partial charge in [0.25, 0.3) is 0 Å². The fourth-order valence-corrected chi connectivity index (χ4v) is 0.685. The molecule has 0 bridgehead atoms. The summed E-state index contributed by atoms with van der Waals surface area (Å²) >= 11 is 0. The molecule has 1 unspecified atom stereocenters. The van der Waals surface area contributed by atoms with Gasteiger partial charge in [0, 0.05) is 39.6 Å². The van der Waals surface area contributed by atoms with Gasteiger partial charge in [-0.3, -0.25) is 0 Å². The Morgan fingerprint density at radius 3 is 2.78 bits per heavy atom. The van der Waals surface area contributed by atoms with E-state index in [-0.39, 0.29) is 27.0 Å². The van der Waals surface area contributed by atoms with Gasteiger partial charge in [0.05, 0.1) is 0 Å². The molecule has 0 aromatic heterocycles. The number of hydrogen-bond acceptors (Lipinski definition) is 2. The average molecular weight is 223 g/mol. The summed E-state index contributed by atoms with van der Waals surface area (Å²) in [7, 11) is 0. The molecule has 0 radical (unpaired) electrons. The van der Waals surface area contributed by atoms with E-state index in [0.29, 0.717) is 12.5 Å². The fourth-order valence-electron chi connectivity index (χ4n) is 0.685. The van der Waals surface area contributed by atoms with E-state index in [9.17, 15) is 0 Å². The quantitative estimate of drug-likeness (QED) is 0.649. The first-order chi connectivity index (χ1) is 3.93. The molecule has 1 rings (SSSR count). The summed E-state index contributed by atoms with van der Waals surface area (Å²) < 4.78 is 0. The van der Waals surface area contributed by atoms with Gasteiger partial charge in [-0.1, -0.05) is 6.42 Å². The zero-order chi connectivity index (χ0) is 5.82. The van der Waals surface area contributed by atoms with Gasteiger partial charge >= 0.3 is 0 Å². The number of rotatable bonds is 1. The van der Waals surface area contributed by atoms with Gasteiger partial charge in [0.2, 0.25) is 0 Å². The summed E-state index contributed by atoms with van der Waals surface area (Å²) in [5, 5.41) is 8.57. The van der Waals surface area contributed by atoms with E-state index in [1.807, 2.05) is 0 Å².